The maximum Gasteiger partial charge on any atom is 0.459 e. The Morgan fingerprint density at radius 1 is 0.583 bits per heavy atom. The van der Waals surface area contributed by atoms with Crippen molar-refractivity contribution in [3.8, 4) is 0 Å². The maximum absolute atomic E-state index is 13.0. The maximum atomic E-state index is 13.0. The molecule has 0 aliphatic heterocycles. The van der Waals surface area contributed by atoms with E-state index in [0.717, 1.165) is 0 Å². The highest BCUT2D eigenvalue weighted by Gasteiger charge is 2.74. The average molecular weight is 614 g/mol. The van der Waals surface area contributed by atoms with E-state index in [1.165, 1.54) is 0 Å². The molecule has 24 heteroatoms. The Bertz CT molecular complexity index is 942. The Morgan fingerprint density at radius 3 is 1.25 bits per heavy atom. The van der Waals surface area contributed by atoms with Gasteiger partial charge in [0, 0.05) is 0 Å². The summed E-state index contributed by atoms with van der Waals surface area (Å²) in [4.78, 5) is 0. The Morgan fingerprint density at radius 2 is 0.917 bits per heavy atom. The monoisotopic (exact) mass is 614 g/mol. The first kappa shape index (κ1) is 34.8. The first-order chi connectivity index (χ1) is 15.5. The fraction of sp³-hybridized carbons (Fsp3) is 1.00. The summed E-state index contributed by atoms with van der Waals surface area (Å²) in [6.07, 6.45) is -16.6. The fourth-order valence-corrected chi connectivity index (χ4v) is 3.02. The van der Waals surface area contributed by atoms with Crippen LogP contribution in [0.25, 0.3) is 0 Å². The Kier molecular flexibility index (Phi) is 10.5. The second-order valence-corrected chi connectivity index (χ2v) is 8.94. The molecule has 0 saturated carbocycles. The van der Waals surface area contributed by atoms with Crippen LogP contribution in [0, 0.1) is 0 Å². The summed E-state index contributed by atoms with van der Waals surface area (Å²) in [5.74, 6) is -25.7. The number of hydrogen-bond acceptors (Lipinski definition) is 8. The van der Waals surface area contributed by atoms with Crippen molar-refractivity contribution >= 4 is 20.8 Å². The fourth-order valence-electron chi connectivity index (χ4n) is 1.52. The molecule has 0 aromatic carbocycles. The summed E-state index contributed by atoms with van der Waals surface area (Å²) >= 11 is 0. The third-order valence-electron chi connectivity index (χ3n) is 3.43. The van der Waals surface area contributed by atoms with Crippen LogP contribution in [0.1, 0.15) is 13.3 Å². The third-order valence-corrected chi connectivity index (χ3v) is 5.27. The van der Waals surface area contributed by atoms with Gasteiger partial charge in [-0.15, -0.1) is 0 Å². The molecule has 0 spiro atoms. The van der Waals surface area contributed by atoms with E-state index in [0.29, 0.717) is 6.92 Å². The highest BCUT2D eigenvalue weighted by molar-refractivity contribution is 7.82. The van der Waals surface area contributed by atoms with E-state index < -0.39 is 89.2 Å². The molecular weight excluding hydrogens is 602 g/mol. The molecule has 8 nitrogen and oxygen atoms in total. The van der Waals surface area contributed by atoms with E-state index >= 15 is 0 Å². The van der Waals surface area contributed by atoms with Crippen molar-refractivity contribution in [3.05, 3.63) is 0 Å². The predicted octanol–water partition coefficient (Wildman–Crippen LogP) is 3.99. The molecule has 1 unspecified atom stereocenters. The summed E-state index contributed by atoms with van der Waals surface area (Å²) in [5.41, 5.74) is 0. The van der Waals surface area contributed by atoms with E-state index in [1.54, 1.807) is 0 Å². The molecule has 0 aliphatic rings. The van der Waals surface area contributed by atoms with Crippen LogP contribution in [0.5, 0.6) is 0 Å². The zero-order valence-electron chi connectivity index (χ0n) is 16.8. The average Bonchev–Trinajstić information content (AvgIpc) is 2.62. The van der Waals surface area contributed by atoms with Crippen LogP contribution >= 0.6 is 0 Å². The molecule has 0 N–H and O–H groups in total. The van der Waals surface area contributed by atoms with Crippen molar-refractivity contribution in [1.29, 1.82) is 0 Å². The minimum atomic E-state index is -6.81. The van der Waals surface area contributed by atoms with Gasteiger partial charge in [-0.05, 0) is 13.3 Å². The smallest absolute Gasteiger partial charge is 0.248 e. The Hall–Kier alpha value is -1.24. The van der Waals surface area contributed by atoms with Gasteiger partial charge in [-0.3, -0.25) is 0 Å². The minimum Gasteiger partial charge on any atom is -0.248 e. The van der Waals surface area contributed by atoms with Crippen molar-refractivity contribution < 1.29 is 95.0 Å². The van der Waals surface area contributed by atoms with Crippen LogP contribution in [0.4, 0.5) is 61.5 Å². The lowest BCUT2D eigenvalue weighted by Crippen LogP contribution is -2.54. The first-order valence-electron chi connectivity index (χ1n) is 8.27. The Balaban J connectivity index is 4.87. The molecule has 0 aliphatic carbocycles. The van der Waals surface area contributed by atoms with E-state index in [4.69, 9.17) is 0 Å². The summed E-state index contributed by atoms with van der Waals surface area (Å²) < 4.78 is 233. The molecule has 0 heterocycles. The predicted molar refractivity (Wildman–Crippen MR) is 82.8 cm³/mol. The molecule has 0 aromatic heterocycles. The molecule has 0 aromatic rings. The number of halogens is 14. The van der Waals surface area contributed by atoms with Gasteiger partial charge in [-0.2, -0.15) is 78.3 Å². The number of alkyl halides is 14. The summed E-state index contributed by atoms with van der Waals surface area (Å²) in [7, 11) is -11.5. The summed E-state index contributed by atoms with van der Waals surface area (Å²) in [5, 5.41) is 0. The highest BCUT2D eigenvalue weighted by atomic mass is 32.3. The summed E-state index contributed by atoms with van der Waals surface area (Å²) in [6, 6.07) is 0. The molecule has 0 saturated heterocycles. The van der Waals surface area contributed by atoms with E-state index in [1.807, 2.05) is 0 Å². The van der Waals surface area contributed by atoms with Crippen LogP contribution < -0.4 is 0 Å². The second kappa shape index (κ2) is 10.9. The van der Waals surface area contributed by atoms with E-state index in [2.05, 4.69) is 16.7 Å². The molecule has 218 valence electrons. The van der Waals surface area contributed by atoms with E-state index in [-0.39, 0.29) is 0 Å². The van der Waals surface area contributed by atoms with Crippen LogP contribution in [0.3, 0.4) is 0 Å². The standard InChI is InChI=1S/C12H12F14O8S2/c1-6(34-36(29,30)33-5-8(15,16)10(19,20)12(24,25)26)2-3-31-35(27,28)32-4-7(13,14)9(17,18)11(21,22)23/h6H,2-5H2,1H3. The summed E-state index contributed by atoms with van der Waals surface area (Å²) in [6.45, 7) is -6.84. The molecule has 0 fully saturated rings. The van der Waals surface area contributed by atoms with Crippen molar-refractivity contribution in [2.45, 2.75) is 55.5 Å². The zero-order valence-corrected chi connectivity index (χ0v) is 18.4. The quantitative estimate of drug-likeness (QED) is 0.271. The van der Waals surface area contributed by atoms with Crippen LogP contribution in [0.2, 0.25) is 0 Å². The van der Waals surface area contributed by atoms with Crippen LogP contribution in [-0.2, 0) is 37.5 Å². The van der Waals surface area contributed by atoms with Crippen molar-refractivity contribution in [2.24, 2.45) is 0 Å². The van der Waals surface area contributed by atoms with Gasteiger partial charge in [0.05, 0.1) is 12.7 Å². The molecular formula is C12H12F14O8S2. The van der Waals surface area contributed by atoms with Gasteiger partial charge < -0.3 is 0 Å². The number of hydrogen-bond donors (Lipinski definition) is 0. The molecule has 0 rings (SSSR count). The molecule has 0 bridgehead atoms. The van der Waals surface area contributed by atoms with E-state index in [9.17, 15) is 78.3 Å². The molecule has 0 radical (unpaired) electrons. The molecule has 1 atom stereocenters. The second-order valence-electron chi connectivity index (χ2n) is 6.41. The van der Waals surface area contributed by atoms with Gasteiger partial charge in [-0.25, -0.2) is 16.7 Å². The van der Waals surface area contributed by atoms with Gasteiger partial charge in [0.1, 0.15) is 13.2 Å². The number of rotatable bonds is 14. The minimum absolute atomic E-state index is 0.651. The lowest BCUT2D eigenvalue weighted by molar-refractivity contribution is -0.358. The van der Waals surface area contributed by atoms with Crippen molar-refractivity contribution in [2.75, 3.05) is 19.8 Å². The van der Waals surface area contributed by atoms with Crippen LogP contribution in [-0.4, -0.2) is 78.8 Å². The zero-order chi connectivity index (χ0) is 29.2. The molecule has 36 heavy (non-hydrogen) atoms. The van der Waals surface area contributed by atoms with Gasteiger partial charge in [0.25, 0.3) is 0 Å². The van der Waals surface area contributed by atoms with Gasteiger partial charge >= 0.3 is 56.8 Å². The van der Waals surface area contributed by atoms with Gasteiger partial charge in [0.15, 0.2) is 0 Å². The van der Waals surface area contributed by atoms with Crippen molar-refractivity contribution in [1.82, 2.24) is 0 Å². The lowest BCUT2D eigenvalue weighted by Gasteiger charge is -2.27. The molecule has 0 amide bonds. The van der Waals surface area contributed by atoms with Crippen LogP contribution in [0.15, 0.2) is 0 Å². The SMILES string of the molecule is CC(CCOS(=O)(=O)OCC(F)(F)C(F)(F)C(F)(F)F)OS(=O)(=O)OCC(F)(F)C(F)(F)C(F)(F)F. The topological polar surface area (TPSA) is 105 Å². The van der Waals surface area contributed by atoms with Crippen molar-refractivity contribution in [3.63, 3.8) is 0 Å². The van der Waals surface area contributed by atoms with Gasteiger partial charge in [0.2, 0.25) is 0 Å². The third kappa shape index (κ3) is 8.95. The first-order valence-corrected chi connectivity index (χ1v) is 10.9. The lowest BCUT2D eigenvalue weighted by atomic mass is 10.2. The Labute approximate surface area is 192 Å². The largest absolute Gasteiger partial charge is 0.459 e. The normalized spacial score (nSPS) is 16.3. The highest BCUT2D eigenvalue weighted by Crippen LogP contribution is 2.47. The van der Waals surface area contributed by atoms with Gasteiger partial charge in [-0.1, -0.05) is 0 Å².